The van der Waals surface area contributed by atoms with Crippen molar-refractivity contribution >= 4 is 11.7 Å². The van der Waals surface area contributed by atoms with Gasteiger partial charge in [-0.15, -0.1) is 0 Å². The zero-order valence-electron chi connectivity index (χ0n) is 5.90. The molecule has 0 radical (unpaired) electrons. The lowest BCUT2D eigenvalue weighted by Gasteiger charge is -2.07. The molecule has 1 rings (SSSR count). The van der Waals surface area contributed by atoms with Gasteiger partial charge in [0.15, 0.2) is 6.10 Å². The summed E-state index contributed by atoms with van der Waals surface area (Å²) >= 11 is 0. The summed E-state index contributed by atoms with van der Waals surface area (Å²) in [6, 6.07) is 0. The summed E-state index contributed by atoms with van der Waals surface area (Å²) in [5.74, 6) is -1.17. The number of hydrogen-bond acceptors (Lipinski definition) is 3. The normalized spacial score (nSPS) is 17.0. The van der Waals surface area contributed by atoms with Crippen molar-refractivity contribution in [2.75, 3.05) is 0 Å². The molecule has 60 valence electrons. The molecular weight excluding hydrogens is 146 g/mol. The number of aliphatic hydroxyl groups is 1. The highest BCUT2D eigenvalue weighted by molar-refractivity contribution is 5.99. The van der Waals surface area contributed by atoms with Crippen LogP contribution >= 0.6 is 0 Å². The zero-order valence-corrected chi connectivity index (χ0v) is 5.90. The summed E-state index contributed by atoms with van der Waals surface area (Å²) < 4.78 is 0. The molecule has 1 aliphatic heterocycles. The van der Waals surface area contributed by atoms with Gasteiger partial charge in [0.05, 0.1) is 0 Å². The minimum Gasteiger partial charge on any atom is -0.479 e. The van der Waals surface area contributed by atoms with Crippen molar-refractivity contribution in [3.8, 4) is 0 Å². The molecule has 0 aromatic carbocycles. The summed E-state index contributed by atoms with van der Waals surface area (Å²) in [7, 11) is 0. The molecule has 0 spiro atoms. The maximum atomic E-state index is 10.1. The number of carboxylic acids is 1. The highest BCUT2D eigenvalue weighted by Crippen LogP contribution is 2.05. The molecule has 4 heteroatoms. The van der Waals surface area contributed by atoms with E-state index in [1.807, 2.05) is 0 Å². The fraction of sp³-hybridized carbons (Fsp3) is 0.429. The predicted octanol–water partition coefficient (Wildman–Crippen LogP) is 0.180. The summed E-state index contributed by atoms with van der Waals surface area (Å²) in [4.78, 5) is 13.9. The summed E-state index contributed by atoms with van der Waals surface area (Å²) in [5.41, 5.74) is 0.852. The molecule has 0 saturated carbocycles. The number of carboxylic acid groups (broad SMARTS) is 1. The fourth-order valence-electron chi connectivity index (χ4n) is 0.736. The van der Waals surface area contributed by atoms with Crippen LogP contribution in [0.25, 0.3) is 0 Å². The van der Waals surface area contributed by atoms with E-state index in [2.05, 4.69) is 4.99 Å². The van der Waals surface area contributed by atoms with E-state index in [0.717, 1.165) is 5.71 Å². The van der Waals surface area contributed by atoms with Gasteiger partial charge < -0.3 is 10.2 Å². The summed E-state index contributed by atoms with van der Waals surface area (Å²) in [5, 5.41) is 17.1. The van der Waals surface area contributed by atoms with Crippen LogP contribution in [0.3, 0.4) is 0 Å². The van der Waals surface area contributed by atoms with Crippen LogP contribution in [-0.2, 0) is 4.79 Å². The second kappa shape index (κ2) is 3.30. The Labute approximate surface area is 63.9 Å². The maximum Gasteiger partial charge on any atom is 0.332 e. The van der Waals surface area contributed by atoms with Gasteiger partial charge in [0, 0.05) is 11.9 Å². The van der Waals surface area contributed by atoms with Gasteiger partial charge in [0.25, 0.3) is 0 Å². The van der Waals surface area contributed by atoms with Crippen LogP contribution in [-0.4, -0.2) is 28.0 Å². The molecule has 1 aliphatic rings. The van der Waals surface area contributed by atoms with Gasteiger partial charge in [-0.2, -0.15) is 0 Å². The molecule has 0 amide bonds. The van der Waals surface area contributed by atoms with Gasteiger partial charge in [-0.3, -0.25) is 4.99 Å². The van der Waals surface area contributed by atoms with Crippen LogP contribution in [0.2, 0.25) is 0 Å². The number of hydrogen-bond donors (Lipinski definition) is 2. The number of carbonyl (C=O) groups is 1. The van der Waals surface area contributed by atoms with Crippen molar-refractivity contribution in [3.63, 3.8) is 0 Å². The van der Waals surface area contributed by atoms with Gasteiger partial charge in [0.1, 0.15) is 0 Å². The molecule has 0 aromatic rings. The van der Waals surface area contributed by atoms with E-state index in [1.54, 1.807) is 12.3 Å². The molecule has 1 atom stereocenters. The SMILES string of the molecule is O=C(O)C(O)CCC1=NC=C1. The number of allylic oxidation sites excluding steroid dienone is 1. The largest absolute Gasteiger partial charge is 0.479 e. The molecule has 11 heavy (non-hydrogen) atoms. The summed E-state index contributed by atoms with van der Waals surface area (Å²) in [6.45, 7) is 0. The Bertz CT molecular complexity index is 220. The first kappa shape index (κ1) is 7.94. The van der Waals surface area contributed by atoms with E-state index in [4.69, 9.17) is 10.2 Å². The first-order chi connectivity index (χ1) is 5.20. The first-order valence-corrected chi connectivity index (χ1v) is 3.34. The van der Waals surface area contributed by atoms with Crippen molar-refractivity contribution in [1.29, 1.82) is 0 Å². The van der Waals surface area contributed by atoms with E-state index in [9.17, 15) is 4.79 Å². The first-order valence-electron chi connectivity index (χ1n) is 3.34. The molecular formula is C7H9NO3. The predicted molar refractivity (Wildman–Crippen MR) is 39.5 cm³/mol. The van der Waals surface area contributed by atoms with Crippen molar-refractivity contribution in [2.24, 2.45) is 4.99 Å². The molecule has 4 nitrogen and oxygen atoms in total. The van der Waals surface area contributed by atoms with E-state index in [-0.39, 0.29) is 6.42 Å². The number of rotatable bonds is 4. The lowest BCUT2D eigenvalue weighted by atomic mass is 10.1. The fourth-order valence-corrected chi connectivity index (χ4v) is 0.736. The molecule has 2 N–H and O–H groups in total. The lowest BCUT2D eigenvalue weighted by molar-refractivity contribution is -0.146. The molecule has 0 aromatic heterocycles. The van der Waals surface area contributed by atoms with Crippen LogP contribution in [0.1, 0.15) is 12.8 Å². The second-order valence-electron chi connectivity index (χ2n) is 2.33. The average Bonchev–Trinajstić information content (AvgIpc) is 1.83. The van der Waals surface area contributed by atoms with Gasteiger partial charge in [-0.1, -0.05) is 0 Å². The van der Waals surface area contributed by atoms with Gasteiger partial charge >= 0.3 is 5.97 Å². The Morgan fingerprint density at radius 3 is 2.73 bits per heavy atom. The number of aliphatic imine (C=N–C) groups is 1. The van der Waals surface area contributed by atoms with Gasteiger partial charge in [0.2, 0.25) is 0 Å². The third-order valence-corrected chi connectivity index (χ3v) is 1.47. The van der Waals surface area contributed by atoms with Crippen LogP contribution in [0.4, 0.5) is 0 Å². The Morgan fingerprint density at radius 2 is 2.36 bits per heavy atom. The van der Waals surface area contributed by atoms with Crippen molar-refractivity contribution in [3.05, 3.63) is 12.3 Å². The van der Waals surface area contributed by atoms with Gasteiger partial charge in [-0.05, 0) is 18.9 Å². The van der Waals surface area contributed by atoms with Crippen LogP contribution in [0.5, 0.6) is 0 Å². The lowest BCUT2D eigenvalue weighted by Crippen LogP contribution is -2.20. The molecule has 0 saturated heterocycles. The second-order valence-corrected chi connectivity index (χ2v) is 2.33. The molecule has 0 fully saturated rings. The van der Waals surface area contributed by atoms with Crippen molar-refractivity contribution < 1.29 is 15.0 Å². The third kappa shape index (κ3) is 2.16. The van der Waals surface area contributed by atoms with Crippen molar-refractivity contribution in [1.82, 2.24) is 0 Å². The van der Waals surface area contributed by atoms with E-state index < -0.39 is 12.1 Å². The Balaban J connectivity index is 2.16. The van der Waals surface area contributed by atoms with Crippen LogP contribution in [0.15, 0.2) is 17.3 Å². The molecule has 0 aliphatic carbocycles. The number of nitrogens with zero attached hydrogens (tertiary/aromatic N) is 1. The minimum atomic E-state index is -1.26. The molecule has 1 heterocycles. The van der Waals surface area contributed by atoms with E-state index in [1.165, 1.54) is 0 Å². The Morgan fingerprint density at radius 1 is 1.73 bits per heavy atom. The average molecular weight is 155 g/mol. The van der Waals surface area contributed by atoms with Crippen LogP contribution in [0, 0.1) is 0 Å². The van der Waals surface area contributed by atoms with Crippen LogP contribution < -0.4 is 0 Å². The van der Waals surface area contributed by atoms with Gasteiger partial charge in [-0.25, -0.2) is 4.79 Å². The zero-order chi connectivity index (χ0) is 8.27. The smallest absolute Gasteiger partial charge is 0.332 e. The van der Waals surface area contributed by atoms with Crippen molar-refractivity contribution in [2.45, 2.75) is 18.9 Å². The Kier molecular flexibility index (Phi) is 2.38. The maximum absolute atomic E-state index is 10.1. The standard InChI is InChI=1S/C7H9NO3/c9-6(7(10)11)2-1-5-3-4-8-5/h3-4,6,9H,1-2H2,(H,10,11). The number of aliphatic carboxylic acids is 1. The third-order valence-electron chi connectivity index (χ3n) is 1.47. The highest BCUT2D eigenvalue weighted by Gasteiger charge is 2.13. The topological polar surface area (TPSA) is 69.9 Å². The van der Waals surface area contributed by atoms with E-state index in [0.29, 0.717) is 6.42 Å². The van der Waals surface area contributed by atoms with E-state index >= 15 is 0 Å². The monoisotopic (exact) mass is 155 g/mol. The number of aliphatic hydroxyl groups excluding tert-OH is 1. The minimum absolute atomic E-state index is 0.235. The quantitative estimate of drug-likeness (QED) is 0.608. The Hall–Kier alpha value is -1.16. The highest BCUT2D eigenvalue weighted by atomic mass is 16.4. The summed E-state index contributed by atoms with van der Waals surface area (Å²) in [6.07, 6.45) is 2.95. The molecule has 0 bridgehead atoms. The molecule has 1 unspecified atom stereocenters.